The van der Waals surface area contributed by atoms with Gasteiger partial charge < -0.3 is 15.6 Å². The van der Waals surface area contributed by atoms with E-state index < -0.39 is 6.04 Å². The van der Waals surface area contributed by atoms with Crippen molar-refractivity contribution in [3.8, 4) is 0 Å². The van der Waals surface area contributed by atoms with Crippen molar-refractivity contribution >= 4 is 22.7 Å². The fraction of sp³-hybridized carbons (Fsp3) is 0.600. The molecule has 1 aromatic carbocycles. The third-order valence-electron chi connectivity index (χ3n) is 8.16. The first-order valence-corrected chi connectivity index (χ1v) is 11.5. The van der Waals surface area contributed by atoms with Crippen LogP contribution in [0.5, 0.6) is 0 Å². The van der Waals surface area contributed by atoms with E-state index in [9.17, 15) is 9.59 Å². The van der Waals surface area contributed by atoms with E-state index in [-0.39, 0.29) is 23.3 Å². The number of rotatable bonds is 6. The SMILES string of the molecule is CC(=O)N[C@@H](Cc1c[nH]c2ccccc12)C(=O)N[C@@H](C)C12CC3CC(CC(C3)C1)C2. The van der Waals surface area contributed by atoms with E-state index in [0.29, 0.717) is 6.42 Å². The van der Waals surface area contributed by atoms with Crippen LogP contribution in [0.1, 0.15) is 57.9 Å². The quantitative estimate of drug-likeness (QED) is 0.679. The van der Waals surface area contributed by atoms with Crippen LogP contribution in [-0.4, -0.2) is 28.9 Å². The average Bonchev–Trinajstić information content (AvgIpc) is 3.09. The van der Waals surface area contributed by atoms with Gasteiger partial charge in [-0.05, 0) is 80.2 Å². The van der Waals surface area contributed by atoms with E-state index in [0.717, 1.165) is 34.2 Å². The molecule has 2 amide bonds. The van der Waals surface area contributed by atoms with E-state index in [4.69, 9.17) is 0 Å². The molecule has 4 fully saturated rings. The van der Waals surface area contributed by atoms with Gasteiger partial charge >= 0.3 is 0 Å². The maximum absolute atomic E-state index is 13.3. The number of para-hydroxylation sites is 1. The predicted molar refractivity (Wildman–Crippen MR) is 118 cm³/mol. The average molecular weight is 408 g/mol. The zero-order valence-electron chi connectivity index (χ0n) is 18.0. The number of carbonyl (C=O) groups excluding carboxylic acids is 2. The number of benzene rings is 1. The molecule has 160 valence electrons. The Labute approximate surface area is 178 Å². The van der Waals surface area contributed by atoms with Gasteiger partial charge in [0.15, 0.2) is 0 Å². The number of nitrogens with one attached hydrogen (secondary N) is 3. The van der Waals surface area contributed by atoms with Crippen LogP contribution in [0.3, 0.4) is 0 Å². The molecule has 4 aliphatic carbocycles. The normalized spacial score (nSPS) is 31.5. The first-order chi connectivity index (χ1) is 14.4. The molecule has 0 saturated heterocycles. The van der Waals surface area contributed by atoms with E-state index in [1.807, 2.05) is 24.4 Å². The van der Waals surface area contributed by atoms with Crippen LogP contribution < -0.4 is 10.6 Å². The lowest BCUT2D eigenvalue weighted by molar-refractivity contribution is -0.131. The molecule has 5 nitrogen and oxygen atoms in total. The van der Waals surface area contributed by atoms with Crippen LogP contribution in [0.15, 0.2) is 30.5 Å². The van der Waals surface area contributed by atoms with E-state index in [2.05, 4.69) is 28.6 Å². The van der Waals surface area contributed by atoms with Gasteiger partial charge in [0.25, 0.3) is 0 Å². The van der Waals surface area contributed by atoms with Crippen LogP contribution in [0.2, 0.25) is 0 Å². The third kappa shape index (κ3) is 3.52. The highest BCUT2D eigenvalue weighted by molar-refractivity contribution is 5.89. The molecule has 2 atom stereocenters. The van der Waals surface area contributed by atoms with E-state index in [1.54, 1.807) is 0 Å². The fourth-order valence-electron chi connectivity index (χ4n) is 7.15. The van der Waals surface area contributed by atoms with Gasteiger partial charge in [-0.3, -0.25) is 9.59 Å². The van der Waals surface area contributed by atoms with Gasteiger partial charge in [0.2, 0.25) is 11.8 Å². The number of amides is 2. The van der Waals surface area contributed by atoms with Crippen LogP contribution >= 0.6 is 0 Å². The first-order valence-electron chi connectivity index (χ1n) is 11.5. The molecule has 4 bridgehead atoms. The predicted octanol–water partition coefficient (Wildman–Crippen LogP) is 3.94. The van der Waals surface area contributed by atoms with Gasteiger partial charge in [-0.2, -0.15) is 0 Å². The summed E-state index contributed by atoms with van der Waals surface area (Å²) < 4.78 is 0. The van der Waals surface area contributed by atoms with Crippen molar-refractivity contribution in [3.05, 3.63) is 36.0 Å². The lowest BCUT2D eigenvalue weighted by atomic mass is 9.48. The molecular weight excluding hydrogens is 374 g/mol. The highest BCUT2D eigenvalue weighted by Gasteiger charge is 2.53. The standard InChI is InChI=1S/C25H33N3O2/c1-15(25-11-17-7-18(12-25)9-19(8-17)13-25)27-24(30)23(28-16(2)29)10-20-14-26-22-6-4-3-5-21(20)22/h3-6,14-15,17-19,23,26H,7-13H2,1-2H3,(H,27,30)(H,28,29)/t15-,17?,18?,19?,23-,25?/m0/s1. The molecule has 30 heavy (non-hydrogen) atoms. The first kappa shape index (κ1) is 19.7. The number of fused-ring (bicyclic) bond motifs is 1. The van der Waals surface area contributed by atoms with Gasteiger partial charge in [-0.25, -0.2) is 0 Å². The Kier molecular flexibility index (Phi) is 4.87. The Hall–Kier alpha value is -2.30. The van der Waals surface area contributed by atoms with Crippen molar-refractivity contribution in [2.45, 2.75) is 70.9 Å². The molecule has 4 saturated carbocycles. The summed E-state index contributed by atoms with van der Waals surface area (Å²) in [7, 11) is 0. The molecular formula is C25H33N3O2. The summed E-state index contributed by atoms with van der Waals surface area (Å²) >= 11 is 0. The Bertz CT molecular complexity index is 927. The molecule has 2 aromatic rings. The Morgan fingerprint density at radius 2 is 1.70 bits per heavy atom. The van der Waals surface area contributed by atoms with Gasteiger partial charge in [0.1, 0.15) is 6.04 Å². The van der Waals surface area contributed by atoms with Gasteiger partial charge in [-0.1, -0.05) is 18.2 Å². The maximum Gasteiger partial charge on any atom is 0.243 e. The van der Waals surface area contributed by atoms with Crippen molar-refractivity contribution in [2.75, 3.05) is 0 Å². The molecule has 5 heteroatoms. The number of hydrogen-bond donors (Lipinski definition) is 3. The minimum Gasteiger partial charge on any atom is -0.361 e. The lowest BCUT2D eigenvalue weighted by Crippen LogP contribution is -2.58. The molecule has 1 heterocycles. The number of aromatic amines is 1. The fourth-order valence-corrected chi connectivity index (χ4v) is 7.15. The number of aromatic nitrogens is 1. The molecule has 0 unspecified atom stereocenters. The van der Waals surface area contributed by atoms with Crippen LogP contribution in [0.25, 0.3) is 10.9 Å². The van der Waals surface area contributed by atoms with Crippen LogP contribution in [-0.2, 0) is 16.0 Å². The summed E-state index contributed by atoms with van der Waals surface area (Å²) in [5.41, 5.74) is 2.37. The minimum absolute atomic E-state index is 0.0567. The topological polar surface area (TPSA) is 74.0 Å². The monoisotopic (exact) mass is 407 g/mol. The zero-order chi connectivity index (χ0) is 20.9. The van der Waals surface area contributed by atoms with Gasteiger partial charge in [0, 0.05) is 36.5 Å². The summed E-state index contributed by atoms with van der Waals surface area (Å²) in [5.74, 6) is 2.34. The van der Waals surface area contributed by atoms with Crippen molar-refractivity contribution in [3.63, 3.8) is 0 Å². The smallest absolute Gasteiger partial charge is 0.243 e. The summed E-state index contributed by atoms with van der Waals surface area (Å²) in [6, 6.07) is 7.68. The van der Waals surface area contributed by atoms with Gasteiger partial charge in [0.05, 0.1) is 0 Å². The summed E-state index contributed by atoms with van der Waals surface area (Å²) in [6.45, 7) is 3.68. The molecule has 0 aliphatic heterocycles. The van der Waals surface area contributed by atoms with Crippen molar-refractivity contribution in [2.24, 2.45) is 23.2 Å². The third-order valence-corrected chi connectivity index (χ3v) is 8.16. The summed E-state index contributed by atoms with van der Waals surface area (Å²) in [6.07, 6.45) is 10.4. The highest BCUT2D eigenvalue weighted by atomic mass is 16.2. The molecule has 0 radical (unpaired) electrons. The molecule has 3 N–H and O–H groups in total. The van der Waals surface area contributed by atoms with Crippen LogP contribution in [0, 0.1) is 23.2 Å². The Morgan fingerprint density at radius 3 is 2.33 bits per heavy atom. The molecule has 4 aliphatic rings. The second-order valence-electron chi connectivity index (χ2n) is 10.3. The Balaban J connectivity index is 1.32. The molecule has 6 rings (SSSR count). The van der Waals surface area contributed by atoms with E-state index in [1.165, 1.54) is 45.4 Å². The van der Waals surface area contributed by atoms with Crippen molar-refractivity contribution < 1.29 is 9.59 Å². The van der Waals surface area contributed by atoms with Gasteiger partial charge in [-0.15, -0.1) is 0 Å². The lowest BCUT2D eigenvalue weighted by Gasteiger charge is -2.59. The maximum atomic E-state index is 13.3. The molecule has 1 aromatic heterocycles. The number of H-pyrrole nitrogens is 1. The zero-order valence-corrected chi connectivity index (χ0v) is 18.0. The summed E-state index contributed by atoms with van der Waals surface area (Å²) in [5, 5.41) is 7.34. The second-order valence-corrected chi connectivity index (χ2v) is 10.3. The van der Waals surface area contributed by atoms with Crippen molar-refractivity contribution in [1.82, 2.24) is 15.6 Å². The van der Waals surface area contributed by atoms with Crippen LogP contribution in [0.4, 0.5) is 0 Å². The number of carbonyl (C=O) groups is 2. The summed E-state index contributed by atoms with van der Waals surface area (Å²) in [4.78, 5) is 28.4. The van der Waals surface area contributed by atoms with Crippen molar-refractivity contribution in [1.29, 1.82) is 0 Å². The highest BCUT2D eigenvalue weighted by Crippen LogP contribution is 2.61. The Morgan fingerprint density at radius 1 is 1.07 bits per heavy atom. The minimum atomic E-state index is -0.557. The number of hydrogen-bond acceptors (Lipinski definition) is 2. The molecule has 0 spiro atoms. The van der Waals surface area contributed by atoms with E-state index >= 15 is 0 Å². The second kappa shape index (κ2) is 7.44. The largest absolute Gasteiger partial charge is 0.361 e.